The minimum atomic E-state index is -0.660. The van der Waals surface area contributed by atoms with Gasteiger partial charge in [0, 0.05) is 25.2 Å². The molecule has 5 nitrogen and oxygen atoms in total. The molecule has 2 unspecified atom stereocenters. The molecule has 1 N–H and O–H groups in total. The van der Waals surface area contributed by atoms with Crippen molar-refractivity contribution in [2.24, 2.45) is 0 Å². The molecule has 0 aliphatic carbocycles. The van der Waals surface area contributed by atoms with Crippen molar-refractivity contribution >= 4 is 5.97 Å². The summed E-state index contributed by atoms with van der Waals surface area (Å²) in [6.45, 7) is 14.2. The maximum atomic E-state index is 12.2. The third-order valence-electron chi connectivity index (χ3n) is 4.02. The van der Waals surface area contributed by atoms with Gasteiger partial charge in [0.15, 0.2) is 0 Å². The van der Waals surface area contributed by atoms with Crippen molar-refractivity contribution in [3.63, 3.8) is 0 Å². The van der Waals surface area contributed by atoms with Crippen molar-refractivity contribution in [2.45, 2.75) is 77.8 Å². The van der Waals surface area contributed by atoms with Crippen molar-refractivity contribution in [1.82, 2.24) is 10.2 Å². The summed E-state index contributed by atoms with van der Waals surface area (Å²) in [5.74, 6) is -0.197. The summed E-state index contributed by atoms with van der Waals surface area (Å²) in [6.07, 6.45) is 1.19. The molecule has 0 saturated carbocycles. The van der Waals surface area contributed by atoms with Crippen LogP contribution in [0.15, 0.2) is 0 Å². The Morgan fingerprint density at radius 3 is 2.29 bits per heavy atom. The van der Waals surface area contributed by atoms with E-state index in [1.165, 1.54) is 7.11 Å². The van der Waals surface area contributed by atoms with Gasteiger partial charge in [0.2, 0.25) is 0 Å². The predicted octanol–water partition coefficient (Wildman–Crippen LogP) is 1.80. The monoisotopic (exact) mass is 300 g/mol. The molecule has 0 aromatic heterocycles. The van der Waals surface area contributed by atoms with Crippen molar-refractivity contribution in [1.29, 1.82) is 0 Å². The van der Waals surface area contributed by atoms with Gasteiger partial charge in [0.05, 0.1) is 19.3 Å². The van der Waals surface area contributed by atoms with Gasteiger partial charge in [-0.15, -0.1) is 0 Å². The Labute approximate surface area is 129 Å². The van der Waals surface area contributed by atoms with E-state index in [9.17, 15) is 4.79 Å². The van der Waals surface area contributed by atoms with Gasteiger partial charge in [0.25, 0.3) is 0 Å². The topological polar surface area (TPSA) is 50.8 Å². The van der Waals surface area contributed by atoms with Gasteiger partial charge in [-0.25, -0.2) is 0 Å². The lowest BCUT2D eigenvalue weighted by Crippen LogP contribution is -2.58. The van der Waals surface area contributed by atoms with Crippen LogP contribution in [0.5, 0.6) is 0 Å². The van der Waals surface area contributed by atoms with E-state index in [1.807, 2.05) is 20.8 Å². The molecule has 0 amide bonds. The number of carbonyl (C=O) groups excluding carboxylic acids is 1. The molecule has 5 heteroatoms. The molecule has 0 spiro atoms. The number of nitrogens with one attached hydrogen (secondary N) is 1. The Morgan fingerprint density at radius 1 is 1.33 bits per heavy atom. The molecule has 0 aromatic carbocycles. The third kappa shape index (κ3) is 5.24. The number of carbonyl (C=O) groups is 1. The van der Waals surface area contributed by atoms with E-state index in [4.69, 9.17) is 9.47 Å². The summed E-state index contributed by atoms with van der Waals surface area (Å²) in [6, 6.07) is 0.512. The highest BCUT2D eigenvalue weighted by Gasteiger charge is 2.38. The minimum Gasteiger partial charge on any atom is -0.468 e. The van der Waals surface area contributed by atoms with Gasteiger partial charge < -0.3 is 9.47 Å². The molecule has 21 heavy (non-hydrogen) atoms. The van der Waals surface area contributed by atoms with Crippen LogP contribution in [0, 0.1) is 0 Å². The summed E-state index contributed by atoms with van der Waals surface area (Å²) < 4.78 is 10.8. The number of morpholine rings is 1. The fourth-order valence-corrected chi connectivity index (χ4v) is 3.36. The largest absolute Gasteiger partial charge is 0.468 e. The summed E-state index contributed by atoms with van der Waals surface area (Å²) in [7, 11) is 1.45. The lowest BCUT2D eigenvalue weighted by molar-refractivity contribution is -0.149. The van der Waals surface area contributed by atoms with Gasteiger partial charge in [-0.2, -0.15) is 0 Å². The highest BCUT2D eigenvalue weighted by Crippen LogP contribution is 2.22. The molecule has 4 atom stereocenters. The number of methoxy groups -OCH3 is 1. The van der Waals surface area contributed by atoms with Crippen LogP contribution in [-0.2, 0) is 14.3 Å². The van der Waals surface area contributed by atoms with E-state index in [0.717, 1.165) is 19.5 Å². The van der Waals surface area contributed by atoms with E-state index in [-0.39, 0.29) is 30.3 Å². The number of hydrogen-bond acceptors (Lipinski definition) is 5. The Morgan fingerprint density at radius 2 is 1.86 bits per heavy atom. The average Bonchev–Trinajstić information content (AvgIpc) is 2.35. The van der Waals surface area contributed by atoms with Gasteiger partial charge in [-0.3, -0.25) is 15.0 Å². The van der Waals surface area contributed by atoms with Crippen molar-refractivity contribution in [3.05, 3.63) is 0 Å². The van der Waals surface area contributed by atoms with Gasteiger partial charge in [-0.05, 0) is 48.0 Å². The second-order valence-electron chi connectivity index (χ2n) is 6.89. The number of esters is 1. The van der Waals surface area contributed by atoms with Crippen LogP contribution in [-0.4, -0.2) is 60.9 Å². The first-order valence-corrected chi connectivity index (χ1v) is 7.93. The van der Waals surface area contributed by atoms with Crippen molar-refractivity contribution in [3.8, 4) is 0 Å². The van der Waals surface area contributed by atoms with E-state index < -0.39 is 5.54 Å². The summed E-state index contributed by atoms with van der Waals surface area (Å²) >= 11 is 0. The van der Waals surface area contributed by atoms with Gasteiger partial charge in [-0.1, -0.05) is 0 Å². The van der Waals surface area contributed by atoms with Gasteiger partial charge >= 0.3 is 5.97 Å². The zero-order valence-corrected chi connectivity index (χ0v) is 14.6. The zero-order chi connectivity index (χ0) is 16.2. The number of hydrogen-bond donors (Lipinski definition) is 1. The smallest absolute Gasteiger partial charge is 0.325 e. The fraction of sp³-hybridized carbons (Fsp3) is 0.938. The predicted molar refractivity (Wildman–Crippen MR) is 84.4 cm³/mol. The molecule has 1 aliphatic rings. The molecule has 1 saturated heterocycles. The lowest BCUT2D eigenvalue weighted by Gasteiger charge is -2.42. The van der Waals surface area contributed by atoms with Crippen LogP contribution < -0.4 is 5.32 Å². The molecule has 1 fully saturated rings. The first-order valence-electron chi connectivity index (χ1n) is 7.93. The average molecular weight is 300 g/mol. The first-order chi connectivity index (χ1) is 9.67. The molecule has 1 rings (SSSR count). The summed E-state index contributed by atoms with van der Waals surface area (Å²) in [5.41, 5.74) is -0.660. The highest BCUT2D eigenvalue weighted by atomic mass is 16.5. The number of ether oxygens (including phenoxy) is 2. The Kier molecular flexibility index (Phi) is 6.63. The summed E-state index contributed by atoms with van der Waals surface area (Å²) in [5, 5.41) is 3.37. The van der Waals surface area contributed by atoms with Crippen LogP contribution in [0.2, 0.25) is 0 Å². The number of rotatable bonds is 6. The molecule has 124 valence electrons. The Bertz CT molecular complexity index is 338. The molecule has 0 aromatic rings. The summed E-state index contributed by atoms with van der Waals surface area (Å²) in [4.78, 5) is 14.6. The van der Waals surface area contributed by atoms with Crippen molar-refractivity contribution in [2.75, 3.05) is 20.2 Å². The van der Waals surface area contributed by atoms with Gasteiger partial charge in [0.1, 0.15) is 5.54 Å². The van der Waals surface area contributed by atoms with Crippen LogP contribution >= 0.6 is 0 Å². The van der Waals surface area contributed by atoms with E-state index in [2.05, 4.69) is 31.0 Å². The molecule has 0 bridgehead atoms. The molecular weight excluding hydrogens is 268 g/mol. The minimum absolute atomic E-state index is 0.197. The van der Waals surface area contributed by atoms with Crippen LogP contribution in [0.1, 0.15) is 48.0 Å². The maximum absolute atomic E-state index is 12.2. The second kappa shape index (κ2) is 7.56. The molecule has 1 aliphatic heterocycles. The SMILES string of the molecule is COC(=O)C(C)(CC(C)N1C[C@@H](C)O[C@@H](C)C1)NC(C)C. The quantitative estimate of drug-likeness (QED) is 0.758. The van der Waals surface area contributed by atoms with Crippen LogP contribution in [0.3, 0.4) is 0 Å². The Hall–Kier alpha value is -0.650. The van der Waals surface area contributed by atoms with E-state index in [0.29, 0.717) is 0 Å². The van der Waals surface area contributed by atoms with Crippen LogP contribution in [0.4, 0.5) is 0 Å². The first kappa shape index (κ1) is 18.4. The van der Waals surface area contributed by atoms with Crippen molar-refractivity contribution < 1.29 is 14.3 Å². The maximum Gasteiger partial charge on any atom is 0.325 e. The third-order valence-corrected chi connectivity index (χ3v) is 4.02. The van der Waals surface area contributed by atoms with Crippen LogP contribution in [0.25, 0.3) is 0 Å². The normalized spacial score (nSPS) is 28.2. The fourth-order valence-electron chi connectivity index (χ4n) is 3.36. The number of nitrogens with zero attached hydrogens (tertiary/aromatic N) is 1. The lowest BCUT2D eigenvalue weighted by atomic mass is 9.91. The van der Waals surface area contributed by atoms with E-state index >= 15 is 0 Å². The molecule has 0 radical (unpaired) electrons. The Balaban J connectivity index is 2.75. The second-order valence-corrected chi connectivity index (χ2v) is 6.89. The highest BCUT2D eigenvalue weighted by molar-refractivity contribution is 5.80. The zero-order valence-electron chi connectivity index (χ0n) is 14.6. The van der Waals surface area contributed by atoms with E-state index in [1.54, 1.807) is 0 Å². The molecular formula is C16H32N2O3. The standard InChI is InChI=1S/C16H32N2O3/c1-11(2)17-16(6,15(19)20-7)8-12(3)18-9-13(4)21-14(5)10-18/h11-14,17H,8-10H2,1-7H3/t12?,13-,14+,16?. The molecule has 1 heterocycles.